The smallest absolute Gasteiger partial charge is 0.407 e. The van der Waals surface area contributed by atoms with Gasteiger partial charge in [-0.1, -0.05) is 72.8 Å². The van der Waals surface area contributed by atoms with Crippen LogP contribution in [0, 0.1) is 0 Å². The van der Waals surface area contributed by atoms with Gasteiger partial charge in [-0.15, -0.1) is 0 Å². The number of nitrogens with one attached hydrogen (secondary N) is 2. The van der Waals surface area contributed by atoms with E-state index in [4.69, 9.17) is 9.47 Å². The van der Waals surface area contributed by atoms with Crippen LogP contribution >= 0.6 is 0 Å². The molecule has 0 radical (unpaired) electrons. The molecule has 0 aliphatic rings. The first-order valence-corrected chi connectivity index (χ1v) is 16.6. The van der Waals surface area contributed by atoms with E-state index < -0.39 is 11.2 Å². The predicted octanol–water partition coefficient (Wildman–Crippen LogP) is 9.42. The van der Waals surface area contributed by atoms with E-state index >= 15 is 0 Å². The third-order valence-electron chi connectivity index (χ3n) is 7.77. The van der Waals surface area contributed by atoms with Crippen LogP contribution in [0.4, 0.5) is 9.59 Å². The molecule has 2 aromatic heterocycles. The first-order valence-electron chi connectivity index (χ1n) is 16.6. The summed E-state index contributed by atoms with van der Waals surface area (Å²) in [6.45, 7) is 16.5. The van der Waals surface area contributed by atoms with Crippen LogP contribution in [-0.2, 0) is 22.6 Å². The highest BCUT2D eigenvalue weighted by molar-refractivity contribution is 6.06. The number of fused-ring (bicyclic) bond motifs is 6. The molecule has 2 N–H and O–H groups in total. The summed E-state index contributed by atoms with van der Waals surface area (Å²) < 4.78 is 15.0. The standard InChI is InChI=1S/2C20H24N2O2/c2*1-14(21-19(23)24-20(2,3)4)13-22-12-11-16-10-9-15-7-5-6-8-17(15)18(16)22/h2*5-12,14H,13H2,1-4H3,(H,21,23)/t2*14-/m11/s1. The van der Waals surface area contributed by atoms with Crippen LogP contribution in [0.25, 0.3) is 43.4 Å². The number of carbonyl (C=O) groups is 2. The minimum atomic E-state index is -0.486. The van der Waals surface area contributed by atoms with Gasteiger partial charge < -0.3 is 29.2 Å². The minimum Gasteiger partial charge on any atom is -0.444 e. The average molecular weight is 649 g/mol. The van der Waals surface area contributed by atoms with Crippen LogP contribution in [0.2, 0.25) is 0 Å². The summed E-state index contributed by atoms with van der Waals surface area (Å²) >= 11 is 0. The van der Waals surface area contributed by atoms with Crippen molar-refractivity contribution >= 4 is 55.5 Å². The maximum atomic E-state index is 11.9. The van der Waals surface area contributed by atoms with Gasteiger partial charge in [-0.05, 0) is 78.3 Å². The van der Waals surface area contributed by atoms with Crippen LogP contribution in [0.1, 0.15) is 55.4 Å². The molecule has 0 spiro atoms. The molecule has 0 saturated carbocycles. The van der Waals surface area contributed by atoms with Gasteiger partial charge in [0.2, 0.25) is 0 Å². The summed E-state index contributed by atoms with van der Waals surface area (Å²) in [5, 5.41) is 13.1. The van der Waals surface area contributed by atoms with E-state index in [2.05, 4.69) is 105 Å². The molecular weight excluding hydrogens is 600 g/mol. The van der Waals surface area contributed by atoms with Gasteiger partial charge in [-0.25, -0.2) is 9.59 Å². The van der Waals surface area contributed by atoms with Gasteiger partial charge in [0.15, 0.2) is 0 Å². The molecule has 2 heterocycles. The first-order chi connectivity index (χ1) is 22.7. The zero-order valence-electron chi connectivity index (χ0n) is 29.3. The highest BCUT2D eigenvalue weighted by atomic mass is 16.6. The molecule has 0 unspecified atom stereocenters. The van der Waals surface area contributed by atoms with E-state index in [1.807, 2.05) is 67.5 Å². The summed E-state index contributed by atoms with van der Waals surface area (Å²) in [4.78, 5) is 23.9. The lowest BCUT2D eigenvalue weighted by Crippen LogP contribution is -2.39. The number of amides is 2. The zero-order chi connectivity index (χ0) is 34.6. The molecule has 2 amide bonds. The lowest BCUT2D eigenvalue weighted by molar-refractivity contribution is 0.0492. The van der Waals surface area contributed by atoms with Crippen molar-refractivity contribution < 1.29 is 19.1 Å². The Labute approximate surface area is 283 Å². The van der Waals surface area contributed by atoms with Crippen molar-refractivity contribution in [2.45, 2.75) is 91.8 Å². The number of carbonyl (C=O) groups excluding carboxylic acids is 2. The van der Waals surface area contributed by atoms with Crippen molar-refractivity contribution in [1.29, 1.82) is 0 Å². The summed E-state index contributed by atoms with van der Waals surface area (Å²) in [6, 6.07) is 29.5. The Morgan fingerprint density at radius 1 is 0.562 bits per heavy atom. The van der Waals surface area contributed by atoms with Gasteiger partial charge in [0.25, 0.3) is 0 Å². The highest BCUT2D eigenvalue weighted by Gasteiger charge is 2.19. The van der Waals surface area contributed by atoms with Crippen molar-refractivity contribution in [2.75, 3.05) is 0 Å². The molecule has 0 aliphatic carbocycles. The van der Waals surface area contributed by atoms with Crippen LogP contribution in [0.3, 0.4) is 0 Å². The Bertz CT molecular complexity index is 1900. The molecule has 0 bridgehead atoms. The maximum absolute atomic E-state index is 11.9. The summed E-state index contributed by atoms with van der Waals surface area (Å²) in [7, 11) is 0. The Hall–Kier alpha value is -4.98. The second-order valence-corrected chi connectivity index (χ2v) is 14.5. The van der Waals surface area contributed by atoms with Crippen molar-refractivity contribution in [3.63, 3.8) is 0 Å². The monoisotopic (exact) mass is 648 g/mol. The van der Waals surface area contributed by atoms with Gasteiger partial charge in [-0.3, -0.25) is 0 Å². The fourth-order valence-electron chi connectivity index (χ4n) is 5.95. The topological polar surface area (TPSA) is 86.5 Å². The normalized spacial score (nSPS) is 13.2. The van der Waals surface area contributed by atoms with E-state index in [-0.39, 0.29) is 24.3 Å². The molecule has 6 aromatic rings. The average Bonchev–Trinajstić information content (AvgIpc) is 3.59. The van der Waals surface area contributed by atoms with Crippen molar-refractivity contribution in [3.8, 4) is 0 Å². The van der Waals surface area contributed by atoms with Crippen molar-refractivity contribution in [1.82, 2.24) is 19.8 Å². The fourth-order valence-corrected chi connectivity index (χ4v) is 5.95. The van der Waals surface area contributed by atoms with Crippen LogP contribution in [0.15, 0.2) is 97.3 Å². The van der Waals surface area contributed by atoms with Crippen molar-refractivity contribution in [2.24, 2.45) is 0 Å². The molecule has 252 valence electrons. The van der Waals surface area contributed by atoms with E-state index in [0.717, 1.165) is 0 Å². The summed E-state index contributed by atoms with van der Waals surface area (Å²) in [6.07, 6.45) is 3.39. The summed E-state index contributed by atoms with van der Waals surface area (Å²) in [5.74, 6) is 0. The number of hydrogen-bond acceptors (Lipinski definition) is 4. The first kappa shape index (κ1) is 34.4. The SMILES string of the molecule is C[C@H](Cn1ccc2ccc3ccccc3c21)NC(=O)OC(C)(C)C.C[C@H](Cn1ccc2ccc3ccccc3c21)NC(=O)OC(C)(C)C. The molecule has 6 rings (SSSR count). The van der Waals surface area contributed by atoms with Crippen molar-refractivity contribution in [3.05, 3.63) is 97.3 Å². The third kappa shape index (κ3) is 8.68. The molecule has 48 heavy (non-hydrogen) atoms. The molecule has 0 saturated heterocycles. The van der Waals surface area contributed by atoms with E-state index in [1.165, 1.54) is 43.4 Å². The molecule has 0 fully saturated rings. The largest absolute Gasteiger partial charge is 0.444 e. The Morgan fingerprint density at radius 2 is 0.917 bits per heavy atom. The van der Waals surface area contributed by atoms with E-state index in [9.17, 15) is 9.59 Å². The molecular formula is C40H48N4O4. The lowest BCUT2D eigenvalue weighted by Gasteiger charge is -2.22. The quantitative estimate of drug-likeness (QED) is 0.188. The Morgan fingerprint density at radius 3 is 1.29 bits per heavy atom. The second-order valence-electron chi connectivity index (χ2n) is 14.5. The number of alkyl carbamates (subject to hydrolysis) is 2. The van der Waals surface area contributed by atoms with Crippen LogP contribution < -0.4 is 10.6 Å². The molecule has 0 aliphatic heterocycles. The fraction of sp³-hybridized carbons (Fsp3) is 0.350. The molecule has 2 atom stereocenters. The van der Waals surface area contributed by atoms with Crippen LogP contribution in [-0.4, -0.2) is 44.6 Å². The third-order valence-corrected chi connectivity index (χ3v) is 7.77. The van der Waals surface area contributed by atoms with Gasteiger partial charge in [0.1, 0.15) is 11.2 Å². The number of ether oxygens (including phenoxy) is 2. The highest BCUT2D eigenvalue weighted by Crippen LogP contribution is 2.28. The number of hydrogen-bond donors (Lipinski definition) is 2. The van der Waals surface area contributed by atoms with Gasteiger partial charge >= 0.3 is 12.2 Å². The Kier molecular flexibility index (Phi) is 10.0. The van der Waals surface area contributed by atoms with Gasteiger partial charge in [0, 0.05) is 59.1 Å². The number of nitrogens with zero attached hydrogens (tertiary/aromatic N) is 2. The molecule has 8 heteroatoms. The van der Waals surface area contributed by atoms with Crippen LogP contribution in [0.5, 0.6) is 0 Å². The maximum Gasteiger partial charge on any atom is 0.407 e. The van der Waals surface area contributed by atoms with E-state index in [0.29, 0.717) is 13.1 Å². The minimum absolute atomic E-state index is 0.0329. The Balaban J connectivity index is 0.000000188. The van der Waals surface area contributed by atoms with E-state index in [1.54, 1.807) is 0 Å². The second kappa shape index (κ2) is 14.0. The number of rotatable bonds is 6. The van der Waals surface area contributed by atoms with Gasteiger partial charge in [0.05, 0.1) is 11.0 Å². The zero-order valence-corrected chi connectivity index (χ0v) is 29.3. The number of aromatic nitrogens is 2. The number of benzene rings is 4. The molecule has 8 nitrogen and oxygen atoms in total. The van der Waals surface area contributed by atoms with Gasteiger partial charge in [-0.2, -0.15) is 0 Å². The summed E-state index contributed by atoms with van der Waals surface area (Å²) in [5.41, 5.74) is 1.43. The molecule has 4 aromatic carbocycles. The predicted molar refractivity (Wildman–Crippen MR) is 197 cm³/mol. The lowest BCUT2D eigenvalue weighted by atomic mass is 10.1.